The summed E-state index contributed by atoms with van der Waals surface area (Å²) in [6.45, 7) is 1.89. The molecule has 34 heavy (non-hydrogen) atoms. The summed E-state index contributed by atoms with van der Waals surface area (Å²) in [5.41, 5.74) is 6.09. The molecule has 21 heteroatoms. The number of rotatable bonds is 11. The number of aliphatic hydroxyl groups is 2. The Kier molecular flexibility index (Phi) is 8.06. The molecule has 0 radical (unpaired) electrons. The van der Waals surface area contributed by atoms with Crippen molar-refractivity contribution in [2.75, 3.05) is 18.9 Å². The zero-order valence-corrected chi connectivity index (χ0v) is 19.6. The Labute approximate surface area is 190 Å². The SMILES string of the molecule is C=CCOP(=O)(OC[C@H]1O[C@@H](n2cnc3c(N)ncnc32)[C@H](O)[C@@H]1O)OP(=O)(O)OP(=O)(O)O. The second kappa shape index (κ2) is 10.2. The van der Waals surface area contributed by atoms with Crippen molar-refractivity contribution >= 4 is 40.4 Å². The summed E-state index contributed by atoms with van der Waals surface area (Å²) in [5.74, 6) is 0.0556. The van der Waals surface area contributed by atoms with E-state index < -0.39 is 61.2 Å². The maximum atomic E-state index is 12.7. The van der Waals surface area contributed by atoms with Crippen molar-refractivity contribution in [2.24, 2.45) is 0 Å². The number of fused-ring (bicyclic) bond motifs is 1. The smallest absolute Gasteiger partial charge is 0.387 e. The molecule has 7 N–H and O–H groups in total. The number of phosphoric acid groups is 3. The van der Waals surface area contributed by atoms with Gasteiger partial charge in [0, 0.05) is 0 Å². The minimum absolute atomic E-state index is 0.0556. The van der Waals surface area contributed by atoms with E-state index in [1.165, 1.54) is 10.9 Å². The predicted octanol–water partition coefficient (Wildman–Crippen LogP) is -0.419. The van der Waals surface area contributed by atoms with E-state index in [4.69, 9.17) is 29.3 Å². The average molecular weight is 547 g/mol. The van der Waals surface area contributed by atoms with Crippen LogP contribution in [0.3, 0.4) is 0 Å². The molecule has 0 spiro atoms. The Bertz CT molecular complexity index is 1190. The fourth-order valence-corrected chi connectivity index (χ4v) is 6.36. The van der Waals surface area contributed by atoms with Crippen molar-refractivity contribution in [1.82, 2.24) is 19.5 Å². The van der Waals surface area contributed by atoms with Crippen LogP contribution in [0, 0.1) is 0 Å². The van der Waals surface area contributed by atoms with Gasteiger partial charge >= 0.3 is 23.5 Å². The summed E-state index contributed by atoms with van der Waals surface area (Å²) in [6, 6.07) is 0. The zero-order valence-electron chi connectivity index (χ0n) is 16.9. The van der Waals surface area contributed by atoms with E-state index in [-0.39, 0.29) is 17.0 Å². The van der Waals surface area contributed by atoms with Gasteiger partial charge in [0.05, 0.1) is 19.5 Å². The molecule has 1 saturated heterocycles. The molecule has 3 rings (SSSR count). The highest BCUT2D eigenvalue weighted by atomic mass is 31.3. The third-order valence-corrected chi connectivity index (χ3v) is 8.39. The fourth-order valence-electron chi connectivity index (χ4n) is 2.82. The highest BCUT2D eigenvalue weighted by Crippen LogP contribution is 2.68. The normalized spacial score (nSPS) is 26.9. The molecule has 0 saturated carbocycles. The van der Waals surface area contributed by atoms with Gasteiger partial charge in [-0.1, -0.05) is 6.08 Å². The van der Waals surface area contributed by atoms with Crippen molar-refractivity contribution in [1.29, 1.82) is 0 Å². The van der Waals surface area contributed by atoms with Crippen LogP contribution in [0.1, 0.15) is 6.23 Å². The molecule has 190 valence electrons. The molecule has 1 aliphatic rings. The second-order valence-corrected chi connectivity index (χ2v) is 11.2. The predicted molar refractivity (Wildman–Crippen MR) is 109 cm³/mol. The lowest BCUT2D eigenvalue weighted by Gasteiger charge is -2.22. The van der Waals surface area contributed by atoms with Crippen molar-refractivity contribution in [3.05, 3.63) is 25.3 Å². The summed E-state index contributed by atoms with van der Waals surface area (Å²) in [6.07, 6.45) is -2.45. The number of nitrogens with two attached hydrogens (primary N) is 1. The molecule has 0 amide bonds. The molecule has 1 aliphatic heterocycles. The Morgan fingerprint density at radius 2 is 1.82 bits per heavy atom. The minimum atomic E-state index is -5.65. The molecule has 2 aromatic heterocycles. The van der Waals surface area contributed by atoms with E-state index in [1.807, 2.05) is 0 Å². The van der Waals surface area contributed by atoms with Crippen LogP contribution in [-0.4, -0.2) is 75.9 Å². The second-order valence-electron chi connectivity index (χ2n) is 6.58. The van der Waals surface area contributed by atoms with Crippen molar-refractivity contribution in [2.45, 2.75) is 24.5 Å². The maximum absolute atomic E-state index is 12.7. The van der Waals surface area contributed by atoms with Crippen molar-refractivity contribution in [3.63, 3.8) is 0 Å². The third kappa shape index (κ3) is 6.33. The van der Waals surface area contributed by atoms with E-state index in [2.05, 4.69) is 30.2 Å². The van der Waals surface area contributed by atoms with Gasteiger partial charge in [0.2, 0.25) is 0 Å². The minimum Gasteiger partial charge on any atom is -0.387 e. The first kappa shape index (κ1) is 27.0. The van der Waals surface area contributed by atoms with Crippen LogP contribution in [0.25, 0.3) is 11.2 Å². The molecule has 6 atom stereocenters. The van der Waals surface area contributed by atoms with Gasteiger partial charge in [-0.25, -0.2) is 28.6 Å². The van der Waals surface area contributed by atoms with Crippen LogP contribution in [0.4, 0.5) is 5.82 Å². The van der Waals surface area contributed by atoms with Gasteiger partial charge in [0.25, 0.3) is 0 Å². The number of phosphoric ester groups is 1. The number of ether oxygens (including phenoxy) is 1. The summed E-state index contributed by atoms with van der Waals surface area (Å²) in [4.78, 5) is 38.6. The molecule has 2 unspecified atom stereocenters. The van der Waals surface area contributed by atoms with Crippen LogP contribution < -0.4 is 5.73 Å². The number of imidazole rings is 1. The number of nitrogens with zero attached hydrogens (tertiary/aromatic N) is 4. The summed E-state index contributed by atoms with van der Waals surface area (Å²) >= 11 is 0. The highest BCUT2D eigenvalue weighted by Gasteiger charge is 2.47. The Morgan fingerprint density at radius 3 is 2.47 bits per heavy atom. The first-order valence-corrected chi connectivity index (χ1v) is 13.5. The molecule has 3 heterocycles. The molecule has 1 fully saturated rings. The van der Waals surface area contributed by atoms with Crippen LogP contribution in [0.5, 0.6) is 0 Å². The highest BCUT2D eigenvalue weighted by molar-refractivity contribution is 7.66. The standard InChI is InChI=1S/C13H20N5O13P3/c1-2-3-27-34(26,31-33(24,25)30-32(21,22)23)28-4-7-9(19)10(20)13(29-7)18-6-17-8-11(14)15-5-16-12(8)18/h2,5-7,9-10,13,19-20H,1,3-4H2,(H,24,25)(H2,14,15,16)(H2,21,22,23)/t7-,9-,10-,13-,34?/m1/s1. The molecule has 2 aromatic rings. The fraction of sp³-hybridized carbons (Fsp3) is 0.462. The Balaban J connectivity index is 1.75. The number of nitrogen functional groups attached to an aromatic ring is 1. The van der Waals surface area contributed by atoms with Gasteiger partial charge in [0.1, 0.15) is 30.2 Å². The molecular formula is C13H20N5O13P3. The van der Waals surface area contributed by atoms with E-state index >= 15 is 0 Å². The van der Waals surface area contributed by atoms with E-state index in [0.717, 1.165) is 12.4 Å². The topological polar surface area (TPSA) is 268 Å². The molecule has 0 bridgehead atoms. The lowest BCUT2D eigenvalue weighted by atomic mass is 10.1. The van der Waals surface area contributed by atoms with E-state index in [9.17, 15) is 28.8 Å². The van der Waals surface area contributed by atoms with Gasteiger partial charge in [-0.3, -0.25) is 13.6 Å². The maximum Gasteiger partial charge on any atom is 0.490 e. The van der Waals surface area contributed by atoms with Crippen LogP contribution in [-0.2, 0) is 36.1 Å². The molecular weight excluding hydrogens is 527 g/mol. The first-order chi connectivity index (χ1) is 15.8. The zero-order chi connectivity index (χ0) is 25.3. The average Bonchev–Trinajstić information content (AvgIpc) is 3.25. The third-order valence-electron chi connectivity index (χ3n) is 4.16. The van der Waals surface area contributed by atoms with Gasteiger partial charge in [-0.15, -0.1) is 6.58 Å². The Hall–Kier alpha value is -1.62. The lowest BCUT2D eigenvalue weighted by molar-refractivity contribution is -0.0511. The van der Waals surface area contributed by atoms with Crippen LogP contribution in [0.15, 0.2) is 25.3 Å². The molecule has 0 aliphatic carbocycles. The summed E-state index contributed by atoms with van der Waals surface area (Å²) in [5, 5.41) is 20.8. The van der Waals surface area contributed by atoms with Crippen LogP contribution in [0.2, 0.25) is 0 Å². The monoisotopic (exact) mass is 547 g/mol. The van der Waals surface area contributed by atoms with Gasteiger partial charge in [0.15, 0.2) is 17.7 Å². The quantitative estimate of drug-likeness (QED) is 0.154. The van der Waals surface area contributed by atoms with Gasteiger partial charge in [-0.2, -0.15) is 8.62 Å². The summed E-state index contributed by atoms with van der Waals surface area (Å²) < 4.78 is 59.5. The van der Waals surface area contributed by atoms with Crippen molar-refractivity contribution < 1.29 is 61.0 Å². The van der Waals surface area contributed by atoms with Gasteiger partial charge in [-0.05, 0) is 0 Å². The van der Waals surface area contributed by atoms with Crippen molar-refractivity contribution in [3.8, 4) is 0 Å². The number of aliphatic hydroxyl groups excluding tert-OH is 2. The molecule has 0 aromatic carbocycles. The number of aromatic nitrogens is 4. The first-order valence-electron chi connectivity index (χ1n) is 9.01. The lowest BCUT2D eigenvalue weighted by Crippen LogP contribution is -2.33. The number of anilines is 1. The van der Waals surface area contributed by atoms with E-state index in [0.29, 0.717) is 0 Å². The number of hydrogen-bond donors (Lipinski definition) is 6. The molecule has 18 nitrogen and oxygen atoms in total. The van der Waals surface area contributed by atoms with Gasteiger partial charge < -0.3 is 35.4 Å². The van der Waals surface area contributed by atoms with E-state index in [1.54, 1.807) is 0 Å². The summed E-state index contributed by atoms with van der Waals surface area (Å²) in [7, 11) is -16.2. The largest absolute Gasteiger partial charge is 0.490 e. The number of hydrogen-bond acceptors (Lipinski definition) is 14. The Morgan fingerprint density at radius 1 is 1.12 bits per heavy atom. The van der Waals surface area contributed by atoms with Crippen LogP contribution >= 0.6 is 23.5 Å².